The van der Waals surface area contributed by atoms with Gasteiger partial charge >= 0.3 is 11.9 Å². The maximum Gasteiger partial charge on any atom is 0.343 e. The van der Waals surface area contributed by atoms with Gasteiger partial charge in [-0.15, -0.1) is 0 Å². The first-order valence-corrected chi connectivity index (χ1v) is 6.64. The van der Waals surface area contributed by atoms with Gasteiger partial charge in [-0.05, 0) is 32.4 Å². The smallest absolute Gasteiger partial charge is 0.343 e. The van der Waals surface area contributed by atoms with Crippen LogP contribution in [0, 0.1) is 6.92 Å². The number of carbonyl (C=O) groups is 2. The molecule has 0 aromatic heterocycles. The molecule has 0 heterocycles. The van der Waals surface area contributed by atoms with E-state index in [4.69, 9.17) is 9.84 Å². The molecule has 0 saturated carbocycles. The molecule has 0 saturated heterocycles. The minimum atomic E-state index is -2.18. The molecule has 0 aliphatic rings. The van der Waals surface area contributed by atoms with Crippen LogP contribution < -0.4 is 0 Å². The third-order valence-corrected chi connectivity index (χ3v) is 2.75. The number of hydrogen-bond acceptors (Lipinski definition) is 4. The van der Waals surface area contributed by atoms with E-state index in [2.05, 4.69) is 0 Å². The molecule has 0 spiro atoms. The monoisotopic (exact) mass is 292 g/mol. The zero-order chi connectivity index (χ0) is 16.0. The highest BCUT2D eigenvalue weighted by Crippen LogP contribution is 2.18. The van der Waals surface area contributed by atoms with E-state index >= 15 is 0 Å². The Kier molecular flexibility index (Phi) is 5.67. The maximum atomic E-state index is 11.9. The highest BCUT2D eigenvalue weighted by atomic mass is 16.6. The Morgan fingerprint density at radius 3 is 2.33 bits per heavy atom. The average Bonchev–Trinajstić information content (AvgIpc) is 2.36. The number of hydrogen-bond donors (Lipinski definition) is 2. The Morgan fingerprint density at radius 1 is 1.29 bits per heavy atom. The molecule has 0 bridgehead atoms. The van der Waals surface area contributed by atoms with Crippen LogP contribution in [0.4, 0.5) is 0 Å². The van der Waals surface area contributed by atoms with Crippen LogP contribution >= 0.6 is 0 Å². The Hall–Kier alpha value is -2.14. The van der Waals surface area contributed by atoms with Crippen LogP contribution in [0.1, 0.15) is 31.4 Å². The Labute approximate surface area is 123 Å². The lowest BCUT2D eigenvalue weighted by Gasteiger charge is -2.22. The molecular weight excluding hydrogens is 272 g/mol. The molecule has 1 atom stereocenters. The number of ether oxygens (including phenoxy) is 1. The first kappa shape index (κ1) is 16.9. The Bertz CT molecular complexity index is 530. The molecule has 2 N–H and O–H groups in total. The third kappa shape index (κ3) is 5.39. The van der Waals surface area contributed by atoms with Crippen molar-refractivity contribution in [2.75, 3.05) is 0 Å². The molecular formula is C16H20O5. The number of esters is 1. The van der Waals surface area contributed by atoms with E-state index < -0.39 is 30.1 Å². The zero-order valence-electron chi connectivity index (χ0n) is 12.4. The SMILES string of the molecule is Cc1ccc(/C=C/C(O)(CC(=O)O)C(=O)OC(C)C)cc1. The number of carboxylic acids is 1. The molecule has 0 aliphatic carbocycles. The van der Waals surface area contributed by atoms with Gasteiger partial charge in [-0.1, -0.05) is 35.9 Å². The second-order valence-corrected chi connectivity index (χ2v) is 5.19. The highest BCUT2D eigenvalue weighted by molar-refractivity contribution is 5.88. The summed E-state index contributed by atoms with van der Waals surface area (Å²) in [6.07, 6.45) is 1.48. The van der Waals surface area contributed by atoms with E-state index in [-0.39, 0.29) is 0 Å². The minimum absolute atomic E-state index is 0.439. The molecule has 0 fully saturated rings. The van der Waals surface area contributed by atoms with Crippen LogP contribution in [0.5, 0.6) is 0 Å². The lowest BCUT2D eigenvalue weighted by molar-refractivity contribution is -0.169. The number of aliphatic hydroxyl groups is 1. The second kappa shape index (κ2) is 7.04. The molecule has 5 heteroatoms. The first-order chi connectivity index (χ1) is 9.73. The van der Waals surface area contributed by atoms with E-state index in [1.807, 2.05) is 19.1 Å². The average molecular weight is 292 g/mol. The van der Waals surface area contributed by atoms with Crippen molar-refractivity contribution in [1.29, 1.82) is 0 Å². The second-order valence-electron chi connectivity index (χ2n) is 5.19. The van der Waals surface area contributed by atoms with Crippen molar-refractivity contribution in [1.82, 2.24) is 0 Å². The van der Waals surface area contributed by atoms with Gasteiger partial charge in [-0.2, -0.15) is 0 Å². The molecule has 1 aromatic carbocycles. The number of carbonyl (C=O) groups excluding carboxylic acids is 1. The van der Waals surface area contributed by atoms with Gasteiger partial charge in [0.1, 0.15) is 0 Å². The van der Waals surface area contributed by atoms with Crippen molar-refractivity contribution < 1.29 is 24.5 Å². The first-order valence-electron chi connectivity index (χ1n) is 6.64. The normalized spacial score (nSPS) is 14.1. The topological polar surface area (TPSA) is 83.8 Å². The van der Waals surface area contributed by atoms with E-state index in [1.54, 1.807) is 26.0 Å². The van der Waals surface area contributed by atoms with Crippen LogP contribution in [0.2, 0.25) is 0 Å². The van der Waals surface area contributed by atoms with E-state index in [1.165, 1.54) is 6.08 Å². The molecule has 21 heavy (non-hydrogen) atoms. The van der Waals surface area contributed by atoms with Crippen LogP contribution in [-0.2, 0) is 14.3 Å². The number of benzene rings is 1. The summed E-state index contributed by atoms with van der Waals surface area (Å²) in [7, 11) is 0. The third-order valence-electron chi connectivity index (χ3n) is 2.75. The lowest BCUT2D eigenvalue weighted by Crippen LogP contribution is -2.41. The van der Waals surface area contributed by atoms with E-state index in [0.29, 0.717) is 0 Å². The lowest BCUT2D eigenvalue weighted by atomic mass is 9.98. The van der Waals surface area contributed by atoms with Gasteiger partial charge in [0.15, 0.2) is 5.60 Å². The molecule has 0 aliphatic heterocycles. The van der Waals surface area contributed by atoms with Crippen molar-refractivity contribution >= 4 is 18.0 Å². The zero-order valence-corrected chi connectivity index (χ0v) is 12.4. The number of aryl methyl sites for hydroxylation is 1. The van der Waals surface area contributed by atoms with Crippen LogP contribution in [0.3, 0.4) is 0 Å². The predicted molar refractivity (Wildman–Crippen MR) is 78.6 cm³/mol. The summed E-state index contributed by atoms with van der Waals surface area (Å²) >= 11 is 0. The summed E-state index contributed by atoms with van der Waals surface area (Å²) in [5.41, 5.74) is -0.352. The van der Waals surface area contributed by atoms with Crippen molar-refractivity contribution in [3.63, 3.8) is 0 Å². The molecule has 1 aromatic rings. The molecule has 1 unspecified atom stereocenters. The van der Waals surface area contributed by atoms with Gasteiger partial charge in [0.2, 0.25) is 0 Å². The summed E-state index contributed by atoms with van der Waals surface area (Å²) in [5, 5.41) is 19.1. The summed E-state index contributed by atoms with van der Waals surface area (Å²) in [6, 6.07) is 7.37. The number of aliphatic carboxylic acids is 1. The summed E-state index contributed by atoms with van der Waals surface area (Å²) < 4.78 is 4.92. The van der Waals surface area contributed by atoms with Crippen LogP contribution in [0.25, 0.3) is 6.08 Å². The fraction of sp³-hybridized carbons (Fsp3) is 0.375. The molecule has 0 radical (unpaired) electrons. The van der Waals surface area contributed by atoms with Gasteiger partial charge in [0.05, 0.1) is 12.5 Å². The number of rotatable bonds is 6. The molecule has 5 nitrogen and oxygen atoms in total. The van der Waals surface area contributed by atoms with Gasteiger partial charge in [-0.25, -0.2) is 4.79 Å². The summed E-state index contributed by atoms with van der Waals surface area (Å²) in [4.78, 5) is 22.8. The van der Waals surface area contributed by atoms with Gasteiger partial charge in [0.25, 0.3) is 0 Å². The van der Waals surface area contributed by atoms with Crippen molar-refractivity contribution in [3.8, 4) is 0 Å². The van der Waals surface area contributed by atoms with Gasteiger partial charge < -0.3 is 14.9 Å². The summed E-state index contributed by atoms with van der Waals surface area (Å²) in [5.74, 6) is -2.25. The largest absolute Gasteiger partial charge is 0.481 e. The van der Waals surface area contributed by atoms with Crippen LogP contribution in [0.15, 0.2) is 30.3 Å². The van der Waals surface area contributed by atoms with E-state index in [9.17, 15) is 14.7 Å². The fourth-order valence-corrected chi connectivity index (χ4v) is 1.66. The Balaban J connectivity index is 2.98. The quantitative estimate of drug-likeness (QED) is 0.785. The number of carboxylic acid groups (broad SMARTS) is 1. The molecule has 0 amide bonds. The standard InChI is InChI=1S/C16H20O5/c1-11(2)21-15(19)16(20,10-14(17)18)9-8-13-6-4-12(3)5-7-13/h4-9,11,20H,10H2,1-3H3,(H,17,18)/b9-8+. The van der Waals surface area contributed by atoms with Gasteiger partial charge in [0, 0.05) is 0 Å². The van der Waals surface area contributed by atoms with Gasteiger partial charge in [-0.3, -0.25) is 4.79 Å². The van der Waals surface area contributed by atoms with Crippen LogP contribution in [-0.4, -0.2) is 33.9 Å². The van der Waals surface area contributed by atoms with Crippen molar-refractivity contribution in [2.24, 2.45) is 0 Å². The molecule has 1 rings (SSSR count). The van der Waals surface area contributed by atoms with E-state index in [0.717, 1.165) is 17.2 Å². The highest BCUT2D eigenvalue weighted by Gasteiger charge is 2.38. The van der Waals surface area contributed by atoms with Crippen molar-refractivity contribution in [3.05, 3.63) is 41.5 Å². The van der Waals surface area contributed by atoms with Crippen molar-refractivity contribution in [2.45, 2.75) is 38.9 Å². The summed E-state index contributed by atoms with van der Waals surface area (Å²) in [6.45, 7) is 5.19. The maximum absolute atomic E-state index is 11.9. The Morgan fingerprint density at radius 2 is 1.86 bits per heavy atom. The predicted octanol–water partition coefficient (Wildman–Crippen LogP) is 2.17. The minimum Gasteiger partial charge on any atom is -0.481 e. The molecule has 114 valence electrons. The fourth-order valence-electron chi connectivity index (χ4n) is 1.66.